The van der Waals surface area contributed by atoms with Crippen molar-refractivity contribution in [3.8, 4) is 0 Å². The Bertz CT molecular complexity index is 433. The Balaban J connectivity index is 2.72. The van der Waals surface area contributed by atoms with E-state index in [0.29, 0.717) is 0 Å². The summed E-state index contributed by atoms with van der Waals surface area (Å²) in [7, 11) is 0. The van der Waals surface area contributed by atoms with Crippen LogP contribution in [0.5, 0.6) is 0 Å². The molecule has 0 aliphatic carbocycles. The summed E-state index contributed by atoms with van der Waals surface area (Å²) in [5, 5.41) is 8.85. The summed E-state index contributed by atoms with van der Waals surface area (Å²) >= 11 is 4.83. The zero-order valence-electron chi connectivity index (χ0n) is 10.4. The molecule has 0 aliphatic heterocycles. The molecule has 0 bridgehead atoms. The number of hydrogen-bond acceptors (Lipinski definition) is 3. The van der Waals surface area contributed by atoms with E-state index in [-0.39, 0.29) is 24.9 Å². The van der Waals surface area contributed by atoms with E-state index in [2.05, 4.69) is 15.9 Å². The molecule has 0 saturated heterocycles. The lowest BCUT2D eigenvalue weighted by atomic mass is 10.2. The van der Waals surface area contributed by atoms with E-state index in [4.69, 9.17) is 5.11 Å². The van der Waals surface area contributed by atoms with Gasteiger partial charge in [-0.1, -0.05) is 6.92 Å². The molecule has 18 heavy (non-hydrogen) atoms. The predicted octanol–water partition coefficient (Wildman–Crippen LogP) is 2.76. The molecular weight excluding hydrogens is 318 g/mol. The van der Waals surface area contributed by atoms with E-state index in [1.165, 1.54) is 16.2 Å². The number of amides is 1. The molecule has 1 aromatic rings. The molecule has 0 saturated carbocycles. The predicted molar refractivity (Wildman–Crippen MR) is 74.8 cm³/mol. The Morgan fingerprint density at radius 1 is 1.50 bits per heavy atom. The van der Waals surface area contributed by atoms with Gasteiger partial charge >= 0.3 is 5.97 Å². The van der Waals surface area contributed by atoms with E-state index < -0.39 is 5.97 Å². The minimum atomic E-state index is -0.976. The monoisotopic (exact) mass is 333 g/mol. The van der Waals surface area contributed by atoms with Crippen LogP contribution < -0.4 is 0 Å². The van der Waals surface area contributed by atoms with Crippen molar-refractivity contribution in [2.24, 2.45) is 0 Å². The van der Waals surface area contributed by atoms with Crippen LogP contribution >= 0.6 is 27.3 Å². The fraction of sp³-hybridized carbons (Fsp3) is 0.500. The topological polar surface area (TPSA) is 57.6 Å². The van der Waals surface area contributed by atoms with Crippen LogP contribution in [0.25, 0.3) is 0 Å². The maximum atomic E-state index is 12.1. The van der Waals surface area contributed by atoms with Gasteiger partial charge in [-0.3, -0.25) is 9.59 Å². The second-order valence-corrected chi connectivity index (χ2v) is 6.60. The first-order valence-corrected chi connectivity index (χ1v) is 7.30. The maximum absolute atomic E-state index is 12.1. The van der Waals surface area contributed by atoms with Crippen LogP contribution in [0, 0.1) is 0 Å². The van der Waals surface area contributed by atoms with E-state index in [1.54, 1.807) is 0 Å². The molecule has 100 valence electrons. The lowest BCUT2D eigenvalue weighted by molar-refractivity contribution is -0.145. The smallest absolute Gasteiger partial charge is 0.323 e. The minimum absolute atomic E-state index is 0.0583. The van der Waals surface area contributed by atoms with Gasteiger partial charge in [-0.05, 0) is 41.4 Å². The number of nitrogens with zero attached hydrogens (tertiary/aromatic N) is 1. The molecule has 1 N–H and O–H groups in total. The molecule has 0 aromatic carbocycles. The molecule has 1 amide bonds. The summed E-state index contributed by atoms with van der Waals surface area (Å²) in [5.74, 6) is -1.11. The molecule has 4 nitrogen and oxygen atoms in total. The van der Waals surface area contributed by atoms with Gasteiger partial charge in [0.15, 0.2) is 0 Å². The van der Waals surface area contributed by atoms with Gasteiger partial charge < -0.3 is 10.0 Å². The average molecular weight is 334 g/mol. The fourth-order valence-corrected chi connectivity index (χ4v) is 3.03. The number of carboxylic acid groups (broad SMARTS) is 1. The van der Waals surface area contributed by atoms with Crippen LogP contribution in [0.4, 0.5) is 0 Å². The van der Waals surface area contributed by atoms with Crippen molar-refractivity contribution in [3.05, 3.63) is 20.8 Å². The molecule has 0 aliphatic rings. The third-order valence-corrected chi connectivity index (χ3v) is 4.33. The summed E-state index contributed by atoms with van der Waals surface area (Å²) in [6.07, 6.45) is 1.00. The summed E-state index contributed by atoms with van der Waals surface area (Å²) < 4.78 is 0.971. The maximum Gasteiger partial charge on any atom is 0.323 e. The summed E-state index contributed by atoms with van der Waals surface area (Å²) in [4.78, 5) is 25.3. The number of aliphatic carboxylic acids is 1. The summed E-state index contributed by atoms with van der Waals surface area (Å²) in [5.41, 5.74) is 0. The third kappa shape index (κ3) is 4.42. The van der Waals surface area contributed by atoms with Crippen LogP contribution in [0.1, 0.15) is 25.1 Å². The van der Waals surface area contributed by atoms with Crippen molar-refractivity contribution in [2.75, 3.05) is 6.54 Å². The number of hydrogen-bond donors (Lipinski definition) is 1. The van der Waals surface area contributed by atoms with Gasteiger partial charge in [0.2, 0.25) is 5.91 Å². The van der Waals surface area contributed by atoms with E-state index in [9.17, 15) is 9.59 Å². The third-order valence-electron chi connectivity index (χ3n) is 2.70. The first kappa shape index (κ1) is 15.2. The number of halogens is 1. The van der Waals surface area contributed by atoms with E-state index in [1.807, 2.05) is 26.0 Å². The number of thiophene rings is 1. The average Bonchev–Trinajstić information content (AvgIpc) is 2.70. The Morgan fingerprint density at radius 2 is 2.17 bits per heavy atom. The Labute approximate surface area is 119 Å². The van der Waals surface area contributed by atoms with Crippen LogP contribution in [0.15, 0.2) is 15.9 Å². The minimum Gasteiger partial charge on any atom is -0.480 e. The Morgan fingerprint density at radius 3 is 2.61 bits per heavy atom. The normalized spacial score (nSPS) is 12.2. The number of carbonyl (C=O) groups is 2. The van der Waals surface area contributed by atoms with Crippen LogP contribution in [-0.2, 0) is 16.0 Å². The molecule has 1 heterocycles. The summed E-state index contributed by atoms with van der Waals surface area (Å²) in [6, 6.07) is 3.71. The zero-order chi connectivity index (χ0) is 13.7. The zero-order valence-corrected chi connectivity index (χ0v) is 12.8. The van der Waals surface area contributed by atoms with E-state index in [0.717, 1.165) is 15.1 Å². The van der Waals surface area contributed by atoms with Crippen LogP contribution in [0.3, 0.4) is 0 Å². The van der Waals surface area contributed by atoms with Crippen LogP contribution in [0.2, 0.25) is 0 Å². The number of carboxylic acids is 1. The molecule has 6 heteroatoms. The van der Waals surface area contributed by atoms with Crippen molar-refractivity contribution in [1.82, 2.24) is 4.90 Å². The van der Waals surface area contributed by atoms with E-state index >= 15 is 0 Å². The van der Waals surface area contributed by atoms with Gasteiger partial charge in [0.05, 0.1) is 10.2 Å². The van der Waals surface area contributed by atoms with Gasteiger partial charge in [-0.15, -0.1) is 11.3 Å². The highest BCUT2D eigenvalue weighted by molar-refractivity contribution is 9.11. The van der Waals surface area contributed by atoms with Gasteiger partial charge in [0, 0.05) is 10.9 Å². The quantitative estimate of drug-likeness (QED) is 0.870. The highest BCUT2D eigenvalue weighted by Gasteiger charge is 2.21. The molecular formula is C12H16BrNO3S. The lowest BCUT2D eigenvalue weighted by Crippen LogP contribution is -2.42. The molecule has 1 unspecified atom stereocenters. The first-order valence-electron chi connectivity index (χ1n) is 5.69. The van der Waals surface area contributed by atoms with Crippen molar-refractivity contribution >= 4 is 39.1 Å². The highest BCUT2D eigenvalue weighted by Crippen LogP contribution is 2.23. The van der Waals surface area contributed by atoms with Crippen LogP contribution in [-0.4, -0.2) is 34.5 Å². The second kappa shape index (κ2) is 6.89. The molecule has 1 atom stereocenters. The molecule has 1 rings (SSSR count). The SMILES string of the molecule is CCC(C)N(CC(=O)O)C(=O)Cc1ccc(Br)s1. The van der Waals surface area contributed by atoms with Gasteiger partial charge in [0.25, 0.3) is 0 Å². The highest BCUT2D eigenvalue weighted by atomic mass is 79.9. The first-order chi connectivity index (χ1) is 8.43. The summed E-state index contributed by atoms with van der Waals surface area (Å²) in [6.45, 7) is 3.57. The van der Waals surface area contributed by atoms with Crippen molar-refractivity contribution in [2.45, 2.75) is 32.7 Å². The Hall–Kier alpha value is -0.880. The standard InChI is InChI=1S/C12H16BrNO3S/c1-3-8(2)14(7-12(16)17)11(15)6-9-4-5-10(13)18-9/h4-5,8H,3,6-7H2,1-2H3,(H,16,17). The largest absolute Gasteiger partial charge is 0.480 e. The number of rotatable bonds is 6. The van der Waals surface area contributed by atoms with Gasteiger partial charge in [-0.2, -0.15) is 0 Å². The molecule has 0 spiro atoms. The fourth-order valence-electron chi connectivity index (χ4n) is 1.55. The molecule has 0 radical (unpaired) electrons. The van der Waals surface area contributed by atoms with Gasteiger partial charge in [-0.25, -0.2) is 0 Å². The van der Waals surface area contributed by atoms with Crippen molar-refractivity contribution < 1.29 is 14.7 Å². The van der Waals surface area contributed by atoms with Crippen molar-refractivity contribution in [3.63, 3.8) is 0 Å². The van der Waals surface area contributed by atoms with Crippen molar-refractivity contribution in [1.29, 1.82) is 0 Å². The molecule has 0 fully saturated rings. The van der Waals surface area contributed by atoms with Gasteiger partial charge in [0.1, 0.15) is 6.54 Å². The second-order valence-electron chi connectivity index (χ2n) is 4.06. The number of carbonyl (C=O) groups excluding carboxylic acids is 1. The molecule has 1 aromatic heterocycles. The Kier molecular flexibility index (Phi) is 5.81. The lowest BCUT2D eigenvalue weighted by Gasteiger charge is -2.26.